The van der Waals surface area contributed by atoms with Crippen molar-refractivity contribution in [3.05, 3.63) is 29.3 Å². The zero-order chi connectivity index (χ0) is 20.5. The van der Waals surface area contributed by atoms with Crippen molar-refractivity contribution in [1.29, 1.82) is 0 Å². The Morgan fingerprint density at radius 2 is 1.69 bits per heavy atom. The minimum Gasteiger partial charge on any atom is -0.496 e. The summed E-state index contributed by atoms with van der Waals surface area (Å²) in [5, 5.41) is 0. The standard InChI is InChI=1S/C16H18F7NO2/c1-9-5-6-12(26-4)11(7-9)8-10(2)24(3)13(25)14(17,18)15(19,20)16(21,22)23/h5-7,10H,8H2,1-4H3. The first-order valence-electron chi connectivity index (χ1n) is 7.40. The average molecular weight is 389 g/mol. The third kappa shape index (κ3) is 4.04. The van der Waals surface area contributed by atoms with Crippen LogP contribution < -0.4 is 4.74 Å². The summed E-state index contributed by atoms with van der Waals surface area (Å²) in [6.45, 7) is 2.99. The number of carbonyl (C=O) groups excluding carboxylic acids is 1. The molecule has 1 unspecified atom stereocenters. The molecular weight excluding hydrogens is 371 g/mol. The van der Waals surface area contributed by atoms with Gasteiger partial charge in [-0.05, 0) is 31.9 Å². The van der Waals surface area contributed by atoms with E-state index in [1.165, 1.54) is 14.0 Å². The summed E-state index contributed by atoms with van der Waals surface area (Å²) >= 11 is 0. The van der Waals surface area contributed by atoms with Crippen LogP contribution in [-0.4, -0.2) is 49.0 Å². The van der Waals surface area contributed by atoms with Gasteiger partial charge < -0.3 is 9.64 Å². The highest BCUT2D eigenvalue weighted by Crippen LogP contribution is 2.47. The molecule has 0 N–H and O–H groups in total. The topological polar surface area (TPSA) is 29.5 Å². The SMILES string of the molecule is COc1ccc(C)cc1CC(C)N(C)C(=O)C(F)(F)C(F)(F)C(F)(F)F. The number of benzene rings is 1. The highest BCUT2D eigenvalue weighted by atomic mass is 19.4. The summed E-state index contributed by atoms with van der Waals surface area (Å²) in [5.41, 5.74) is 1.28. The number of ether oxygens (including phenoxy) is 1. The lowest BCUT2D eigenvalue weighted by Gasteiger charge is -2.33. The van der Waals surface area contributed by atoms with Crippen LogP contribution in [0.25, 0.3) is 0 Å². The van der Waals surface area contributed by atoms with E-state index in [2.05, 4.69) is 0 Å². The van der Waals surface area contributed by atoms with Gasteiger partial charge in [0, 0.05) is 13.1 Å². The van der Waals surface area contributed by atoms with Crippen molar-refractivity contribution in [3.63, 3.8) is 0 Å². The van der Waals surface area contributed by atoms with E-state index in [0.717, 1.165) is 12.6 Å². The number of hydrogen-bond donors (Lipinski definition) is 0. The van der Waals surface area contributed by atoms with Crippen molar-refractivity contribution in [2.24, 2.45) is 0 Å². The molecule has 0 saturated carbocycles. The first kappa shape index (κ1) is 22.0. The molecule has 0 radical (unpaired) electrons. The Kier molecular flexibility index (Phi) is 6.20. The van der Waals surface area contributed by atoms with Gasteiger partial charge in [-0.1, -0.05) is 17.7 Å². The van der Waals surface area contributed by atoms with Crippen LogP contribution in [0, 0.1) is 6.92 Å². The zero-order valence-corrected chi connectivity index (χ0v) is 14.4. The van der Waals surface area contributed by atoms with E-state index in [0.29, 0.717) is 11.3 Å². The van der Waals surface area contributed by atoms with Crippen molar-refractivity contribution in [3.8, 4) is 5.75 Å². The van der Waals surface area contributed by atoms with Gasteiger partial charge in [0.2, 0.25) is 0 Å². The molecule has 26 heavy (non-hydrogen) atoms. The predicted molar refractivity (Wildman–Crippen MR) is 79.6 cm³/mol. The molecule has 3 nitrogen and oxygen atoms in total. The van der Waals surface area contributed by atoms with Crippen LogP contribution in [0.3, 0.4) is 0 Å². The lowest BCUT2D eigenvalue weighted by Crippen LogP contribution is -2.60. The minimum atomic E-state index is -6.56. The van der Waals surface area contributed by atoms with Crippen molar-refractivity contribution >= 4 is 5.91 Å². The first-order chi connectivity index (χ1) is 11.7. The fourth-order valence-corrected chi connectivity index (χ4v) is 2.26. The van der Waals surface area contributed by atoms with Crippen molar-refractivity contribution in [2.45, 2.75) is 44.3 Å². The fourth-order valence-electron chi connectivity index (χ4n) is 2.26. The number of carbonyl (C=O) groups is 1. The van der Waals surface area contributed by atoms with Crippen LogP contribution in [0.5, 0.6) is 5.75 Å². The number of nitrogens with zero attached hydrogens (tertiary/aromatic N) is 1. The number of halogens is 7. The van der Waals surface area contributed by atoms with E-state index >= 15 is 0 Å². The second-order valence-electron chi connectivity index (χ2n) is 5.93. The summed E-state index contributed by atoms with van der Waals surface area (Å²) in [4.78, 5) is 11.9. The van der Waals surface area contributed by atoms with Gasteiger partial charge in [-0.3, -0.25) is 4.79 Å². The summed E-state index contributed by atoms with van der Waals surface area (Å²) in [6.07, 6.45) is -6.64. The predicted octanol–water partition coefficient (Wildman–Crippen LogP) is 4.23. The van der Waals surface area contributed by atoms with E-state index in [1.807, 2.05) is 0 Å². The fraction of sp³-hybridized carbons (Fsp3) is 0.562. The second-order valence-corrected chi connectivity index (χ2v) is 5.93. The zero-order valence-electron chi connectivity index (χ0n) is 14.4. The van der Waals surface area contributed by atoms with Gasteiger partial charge >= 0.3 is 18.0 Å². The van der Waals surface area contributed by atoms with Crippen LogP contribution in [-0.2, 0) is 11.2 Å². The number of likely N-dealkylation sites (N-methyl/N-ethyl adjacent to an activating group) is 1. The minimum absolute atomic E-state index is 0.0826. The molecule has 0 saturated heterocycles. The number of amides is 1. The Bertz CT molecular complexity index is 658. The number of alkyl halides is 7. The van der Waals surface area contributed by atoms with Crippen LogP contribution in [0.15, 0.2) is 18.2 Å². The molecule has 0 spiro atoms. The van der Waals surface area contributed by atoms with Gasteiger partial charge in [0.15, 0.2) is 0 Å². The van der Waals surface area contributed by atoms with E-state index in [-0.39, 0.29) is 11.3 Å². The Hall–Kier alpha value is -2.00. The van der Waals surface area contributed by atoms with Crippen LogP contribution >= 0.6 is 0 Å². The Morgan fingerprint density at radius 3 is 2.15 bits per heavy atom. The summed E-state index contributed by atoms with van der Waals surface area (Å²) in [6, 6.07) is 3.84. The first-order valence-corrected chi connectivity index (χ1v) is 7.40. The van der Waals surface area contributed by atoms with Crippen LogP contribution in [0.2, 0.25) is 0 Å². The van der Waals surface area contributed by atoms with Crippen LogP contribution in [0.4, 0.5) is 30.7 Å². The molecule has 148 valence electrons. The summed E-state index contributed by atoms with van der Waals surface area (Å²) in [7, 11) is 2.10. The average Bonchev–Trinajstić information content (AvgIpc) is 2.52. The van der Waals surface area contributed by atoms with Crippen molar-refractivity contribution in [1.82, 2.24) is 4.90 Å². The third-order valence-electron chi connectivity index (χ3n) is 3.95. The molecule has 1 amide bonds. The molecule has 0 aliphatic rings. The highest BCUT2D eigenvalue weighted by Gasteiger charge is 2.76. The molecule has 0 bridgehead atoms. The van der Waals surface area contributed by atoms with Crippen molar-refractivity contribution < 1.29 is 40.3 Å². The normalized spacial score (nSPS) is 14.1. The summed E-state index contributed by atoms with van der Waals surface area (Å²) in [5.74, 6) is -14.6. The van der Waals surface area contributed by atoms with Crippen molar-refractivity contribution in [2.75, 3.05) is 14.2 Å². The highest BCUT2D eigenvalue weighted by molar-refractivity contribution is 5.85. The van der Waals surface area contributed by atoms with Gasteiger partial charge in [-0.2, -0.15) is 30.7 Å². The second kappa shape index (κ2) is 7.32. The molecule has 0 aliphatic heterocycles. The maximum absolute atomic E-state index is 13.6. The molecule has 0 fully saturated rings. The molecule has 1 atom stereocenters. The van der Waals surface area contributed by atoms with E-state index in [4.69, 9.17) is 4.74 Å². The Morgan fingerprint density at radius 1 is 1.15 bits per heavy atom. The van der Waals surface area contributed by atoms with Gasteiger partial charge in [-0.25, -0.2) is 0 Å². The van der Waals surface area contributed by atoms with E-state index < -0.39 is 30.0 Å². The lowest BCUT2D eigenvalue weighted by atomic mass is 10.0. The summed E-state index contributed by atoms with van der Waals surface area (Å²) < 4.78 is 95.0. The largest absolute Gasteiger partial charge is 0.496 e. The molecule has 0 aliphatic carbocycles. The third-order valence-corrected chi connectivity index (χ3v) is 3.95. The lowest BCUT2D eigenvalue weighted by molar-refractivity contribution is -0.346. The van der Waals surface area contributed by atoms with Gasteiger partial charge in [0.25, 0.3) is 5.91 Å². The Labute approximate surface area is 145 Å². The van der Waals surface area contributed by atoms with E-state index in [9.17, 15) is 35.5 Å². The molecule has 10 heteroatoms. The number of rotatable bonds is 6. The van der Waals surface area contributed by atoms with Crippen LogP contribution in [0.1, 0.15) is 18.1 Å². The quantitative estimate of drug-likeness (QED) is 0.682. The van der Waals surface area contributed by atoms with Gasteiger partial charge in [0.1, 0.15) is 5.75 Å². The van der Waals surface area contributed by atoms with E-state index in [1.54, 1.807) is 25.1 Å². The molecular formula is C16H18F7NO2. The monoisotopic (exact) mass is 389 g/mol. The molecule has 0 heterocycles. The molecule has 1 aromatic carbocycles. The van der Waals surface area contributed by atoms with Gasteiger partial charge in [0.05, 0.1) is 7.11 Å². The number of aryl methyl sites for hydroxylation is 1. The smallest absolute Gasteiger partial charge is 0.460 e. The molecule has 1 rings (SSSR count). The number of hydrogen-bond acceptors (Lipinski definition) is 2. The van der Waals surface area contributed by atoms with Gasteiger partial charge in [-0.15, -0.1) is 0 Å². The molecule has 1 aromatic rings. The molecule has 0 aromatic heterocycles. The number of methoxy groups -OCH3 is 1. The maximum atomic E-state index is 13.6. The maximum Gasteiger partial charge on any atom is 0.460 e. The Balaban J connectivity index is 3.06.